The van der Waals surface area contributed by atoms with E-state index < -0.39 is 0 Å². The van der Waals surface area contributed by atoms with Crippen molar-refractivity contribution in [3.63, 3.8) is 0 Å². The van der Waals surface area contributed by atoms with Crippen molar-refractivity contribution < 1.29 is 4.79 Å². The molecule has 0 aromatic carbocycles. The van der Waals surface area contributed by atoms with Gasteiger partial charge in [0, 0.05) is 11.8 Å². The van der Waals surface area contributed by atoms with Gasteiger partial charge in [-0.3, -0.25) is 4.79 Å². The van der Waals surface area contributed by atoms with Crippen LogP contribution in [0.1, 0.15) is 32.1 Å². The lowest BCUT2D eigenvalue weighted by molar-refractivity contribution is -0.125. The van der Waals surface area contributed by atoms with Gasteiger partial charge in [-0.1, -0.05) is 6.42 Å². The fourth-order valence-corrected chi connectivity index (χ4v) is 2.36. The maximum absolute atomic E-state index is 11.7. The molecule has 2 atom stereocenters. The maximum atomic E-state index is 11.7. The number of nitrogens with two attached hydrogens (primary N) is 1. The molecule has 2 aliphatic rings. The molecule has 2 fully saturated rings. The van der Waals surface area contributed by atoms with Crippen LogP contribution >= 0.6 is 0 Å². The van der Waals surface area contributed by atoms with Crippen LogP contribution in [0.3, 0.4) is 0 Å². The first-order valence-electron chi connectivity index (χ1n) is 5.06. The van der Waals surface area contributed by atoms with Crippen LogP contribution < -0.4 is 5.73 Å². The van der Waals surface area contributed by atoms with Gasteiger partial charge in [-0.2, -0.15) is 0 Å². The molecule has 0 aromatic rings. The monoisotopic (exact) mass is 167 g/mol. The number of Topliss-reactive ketones (excluding diaryl/α,β-unsaturated/α-hetero) is 1. The van der Waals surface area contributed by atoms with E-state index in [1.807, 2.05) is 0 Å². The van der Waals surface area contributed by atoms with Gasteiger partial charge in [-0.15, -0.1) is 0 Å². The smallest absolute Gasteiger partial charge is 0.139 e. The van der Waals surface area contributed by atoms with Crippen LogP contribution in [0.5, 0.6) is 0 Å². The first-order valence-corrected chi connectivity index (χ1v) is 5.06. The molecule has 2 N–H and O–H groups in total. The predicted molar refractivity (Wildman–Crippen MR) is 47.6 cm³/mol. The van der Waals surface area contributed by atoms with Gasteiger partial charge in [0.25, 0.3) is 0 Å². The maximum Gasteiger partial charge on any atom is 0.139 e. The second kappa shape index (κ2) is 3.17. The van der Waals surface area contributed by atoms with Crippen molar-refractivity contribution in [2.45, 2.75) is 32.1 Å². The normalized spacial score (nSPS) is 35.4. The molecule has 0 spiro atoms. The van der Waals surface area contributed by atoms with Crippen molar-refractivity contribution in [2.75, 3.05) is 6.54 Å². The first-order chi connectivity index (χ1) is 5.83. The first kappa shape index (κ1) is 8.24. The van der Waals surface area contributed by atoms with Crippen molar-refractivity contribution in [2.24, 2.45) is 23.5 Å². The Morgan fingerprint density at radius 1 is 1.25 bits per heavy atom. The third kappa shape index (κ3) is 1.40. The largest absolute Gasteiger partial charge is 0.330 e. The standard InChI is InChI=1S/C10H17NO/c11-6-8-2-1-3-9(8)10(12)7-4-5-7/h7-9H,1-6,11H2/t8-,9-/m0/s1. The van der Waals surface area contributed by atoms with Gasteiger partial charge in [-0.05, 0) is 38.1 Å². The van der Waals surface area contributed by atoms with Crippen LogP contribution in [0.15, 0.2) is 0 Å². The Morgan fingerprint density at radius 2 is 2.00 bits per heavy atom. The summed E-state index contributed by atoms with van der Waals surface area (Å²) in [6, 6.07) is 0. The highest BCUT2D eigenvalue weighted by atomic mass is 16.1. The molecule has 2 rings (SSSR count). The Bertz CT molecular complexity index is 186. The Labute approximate surface area is 73.5 Å². The summed E-state index contributed by atoms with van der Waals surface area (Å²) >= 11 is 0. The third-order valence-corrected chi connectivity index (χ3v) is 3.31. The van der Waals surface area contributed by atoms with Crippen LogP contribution in [0.2, 0.25) is 0 Å². The minimum Gasteiger partial charge on any atom is -0.330 e. The Morgan fingerprint density at radius 3 is 2.58 bits per heavy atom. The summed E-state index contributed by atoms with van der Waals surface area (Å²) in [7, 11) is 0. The summed E-state index contributed by atoms with van der Waals surface area (Å²) in [6.45, 7) is 0.711. The average molecular weight is 167 g/mol. The lowest BCUT2D eigenvalue weighted by Crippen LogP contribution is -2.26. The second-order valence-corrected chi connectivity index (χ2v) is 4.21. The van der Waals surface area contributed by atoms with Gasteiger partial charge in [-0.25, -0.2) is 0 Å². The second-order valence-electron chi connectivity index (χ2n) is 4.21. The summed E-state index contributed by atoms with van der Waals surface area (Å²) in [5.41, 5.74) is 5.63. The molecule has 68 valence electrons. The summed E-state index contributed by atoms with van der Waals surface area (Å²) in [6.07, 6.45) is 5.79. The van der Waals surface area contributed by atoms with Gasteiger partial charge in [0.15, 0.2) is 0 Å². The third-order valence-electron chi connectivity index (χ3n) is 3.31. The summed E-state index contributed by atoms with van der Waals surface area (Å²) in [5.74, 6) is 1.81. The molecule has 0 radical (unpaired) electrons. The van der Waals surface area contributed by atoms with E-state index in [9.17, 15) is 4.79 Å². The van der Waals surface area contributed by atoms with E-state index in [0.717, 1.165) is 19.3 Å². The van der Waals surface area contributed by atoms with E-state index in [-0.39, 0.29) is 0 Å². The summed E-state index contributed by atoms with van der Waals surface area (Å²) < 4.78 is 0. The molecule has 0 unspecified atom stereocenters. The number of carbonyl (C=O) groups excluding carboxylic acids is 1. The lowest BCUT2D eigenvalue weighted by atomic mass is 9.90. The molecule has 2 aliphatic carbocycles. The topological polar surface area (TPSA) is 43.1 Å². The van der Waals surface area contributed by atoms with E-state index in [0.29, 0.717) is 30.1 Å². The predicted octanol–water partition coefficient (Wildman–Crippen LogP) is 1.34. The van der Waals surface area contributed by atoms with Crippen molar-refractivity contribution >= 4 is 5.78 Å². The molecule has 2 saturated carbocycles. The van der Waals surface area contributed by atoms with Crippen LogP contribution in [0.25, 0.3) is 0 Å². The molecule has 0 saturated heterocycles. The van der Waals surface area contributed by atoms with Gasteiger partial charge in [0.2, 0.25) is 0 Å². The average Bonchev–Trinajstić information content (AvgIpc) is 2.82. The molecule has 0 heterocycles. The zero-order valence-corrected chi connectivity index (χ0v) is 7.46. The summed E-state index contributed by atoms with van der Waals surface area (Å²) in [4.78, 5) is 11.7. The highest BCUT2D eigenvalue weighted by molar-refractivity contribution is 5.85. The van der Waals surface area contributed by atoms with Crippen LogP contribution in [-0.4, -0.2) is 12.3 Å². The van der Waals surface area contributed by atoms with Crippen LogP contribution in [-0.2, 0) is 4.79 Å². The van der Waals surface area contributed by atoms with Gasteiger partial charge in [0.05, 0.1) is 0 Å². The molecule has 0 amide bonds. The zero-order chi connectivity index (χ0) is 8.55. The van der Waals surface area contributed by atoms with E-state index >= 15 is 0 Å². The number of hydrogen-bond donors (Lipinski definition) is 1. The molecule has 2 heteroatoms. The fraction of sp³-hybridized carbons (Fsp3) is 0.900. The van der Waals surface area contributed by atoms with Crippen molar-refractivity contribution in [1.82, 2.24) is 0 Å². The van der Waals surface area contributed by atoms with E-state index in [1.54, 1.807) is 0 Å². The van der Waals surface area contributed by atoms with Gasteiger partial charge < -0.3 is 5.73 Å². The Hall–Kier alpha value is -0.370. The molecule has 0 bridgehead atoms. The molecule has 12 heavy (non-hydrogen) atoms. The molecule has 2 nitrogen and oxygen atoms in total. The van der Waals surface area contributed by atoms with E-state index in [2.05, 4.69) is 0 Å². The minimum absolute atomic E-state index is 0.336. The molecule has 0 aromatic heterocycles. The van der Waals surface area contributed by atoms with Gasteiger partial charge >= 0.3 is 0 Å². The van der Waals surface area contributed by atoms with E-state index in [1.165, 1.54) is 12.8 Å². The molecule has 0 aliphatic heterocycles. The lowest BCUT2D eigenvalue weighted by Gasteiger charge is -2.15. The number of ketones is 1. The Balaban J connectivity index is 1.96. The van der Waals surface area contributed by atoms with Crippen molar-refractivity contribution in [3.05, 3.63) is 0 Å². The van der Waals surface area contributed by atoms with Crippen molar-refractivity contribution in [1.29, 1.82) is 0 Å². The zero-order valence-electron chi connectivity index (χ0n) is 7.46. The fourth-order valence-electron chi connectivity index (χ4n) is 2.36. The van der Waals surface area contributed by atoms with Gasteiger partial charge in [0.1, 0.15) is 5.78 Å². The number of hydrogen-bond acceptors (Lipinski definition) is 2. The highest BCUT2D eigenvalue weighted by Crippen LogP contribution is 2.40. The minimum atomic E-state index is 0.336. The SMILES string of the molecule is NC[C@@H]1CCC[C@@H]1C(=O)C1CC1. The number of carbonyl (C=O) groups is 1. The van der Waals surface area contributed by atoms with Crippen molar-refractivity contribution in [3.8, 4) is 0 Å². The highest BCUT2D eigenvalue weighted by Gasteiger charge is 2.39. The quantitative estimate of drug-likeness (QED) is 0.689. The van der Waals surface area contributed by atoms with E-state index in [4.69, 9.17) is 5.73 Å². The van der Waals surface area contributed by atoms with Crippen LogP contribution in [0.4, 0.5) is 0 Å². The summed E-state index contributed by atoms with van der Waals surface area (Å²) in [5, 5.41) is 0. The number of rotatable bonds is 3. The molecular weight excluding hydrogens is 150 g/mol. The Kier molecular flexibility index (Phi) is 2.18. The molecular formula is C10H17NO. The van der Waals surface area contributed by atoms with Crippen LogP contribution in [0, 0.1) is 17.8 Å².